The fourth-order valence-electron chi connectivity index (χ4n) is 0. The summed E-state index contributed by atoms with van der Waals surface area (Å²) < 4.78 is 8.36. The summed E-state index contributed by atoms with van der Waals surface area (Å²) in [6.45, 7) is 5.89. The molecule has 0 aliphatic heterocycles. The van der Waals surface area contributed by atoms with E-state index in [-0.39, 0.29) is 17.7 Å². The smallest absolute Gasteiger partial charge is 0.302 e. The Balaban J connectivity index is -0.0000000676. The molecule has 0 aliphatic carbocycles. The number of hydrogen-bond acceptors (Lipinski definition) is 5. The molecule has 0 unspecified atom stereocenters. The van der Waals surface area contributed by atoms with Gasteiger partial charge in [-0.25, -0.2) is 0 Å². The Bertz CT molecular complexity index is 174. The minimum atomic E-state index is -0.245. The molecule has 0 fully saturated rings. The predicted molar refractivity (Wildman–Crippen MR) is 66.7 cm³/mol. The van der Waals surface area contributed by atoms with Gasteiger partial charge in [-0.05, 0) is 13.8 Å². The summed E-state index contributed by atoms with van der Waals surface area (Å²) in [5.74, 6) is -0.0741. The van der Waals surface area contributed by atoms with Gasteiger partial charge in [-0.1, -0.05) is 0 Å². The highest BCUT2D eigenvalue weighted by atomic mass is 16.5. The number of carbonyl (C=O) groups is 3. The van der Waals surface area contributed by atoms with Crippen LogP contribution in [0.3, 0.4) is 0 Å². The summed E-state index contributed by atoms with van der Waals surface area (Å²) in [5, 5.41) is 2.39. The van der Waals surface area contributed by atoms with Crippen LogP contribution in [0.15, 0.2) is 0 Å². The number of Topliss-reactive ketones (excluding diaryl/α,β-unsaturated/α-hetero) is 1. The zero-order valence-corrected chi connectivity index (χ0v) is 12.0. The van der Waals surface area contributed by atoms with E-state index >= 15 is 0 Å². The summed E-state index contributed by atoms with van der Waals surface area (Å²) >= 11 is 0. The highest BCUT2D eigenvalue weighted by Gasteiger charge is 1.75. The molecule has 0 aliphatic rings. The number of ether oxygens (including phenoxy) is 2. The number of carbonyl (C=O) groups excluding carboxylic acids is 3. The topological polar surface area (TPSA) is 81.7 Å². The molecule has 0 aromatic rings. The van der Waals surface area contributed by atoms with Gasteiger partial charge in [0.2, 0.25) is 5.91 Å². The van der Waals surface area contributed by atoms with Crippen molar-refractivity contribution in [3.8, 4) is 0 Å². The van der Waals surface area contributed by atoms with E-state index in [9.17, 15) is 14.4 Å². The van der Waals surface area contributed by atoms with Crippen molar-refractivity contribution in [1.82, 2.24) is 5.32 Å². The molecule has 1 amide bonds. The zero-order valence-electron chi connectivity index (χ0n) is 12.0. The number of ketones is 1. The van der Waals surface area contributed by atoms with Gasteiger partial charge in [-0.15, -0.1) is 0 Å². The van der Waals surface area contributed by atoms with Crippen LogP contribution in [0.25, 0.3) is 0 Å². The lowest BCUT2D eigenvalue weighted by atomic mass is 10.6. The van der Waals surface area contributed by atoms with E-state index in [2.05, 4.69) is 14.8 Å². The van der Waals surface area contributed by atoms with E-state index < -0.39 is 0 Å². The molecule has 104 valence electrons. The first-order chi connectivity index (χ1) is 7.69. The van der Waals surface area contributed by atoms with Crippen LogP contribution >= 0.6 is 0 Å². The minimum absolute atomic E-state index is 0.00463. The molecule has 0 radical (unpaired) electrons. The fourth-order valence-corrected chi connectivity index (χ4v) is 0. The normalized spacial score (nSPS) is 6.59. The molecule has 0 bridgehead atoms. The van der Waals surface area contributed by atoms with Gasteiger partial charge in [-0.2, -0.15) is 0 Å². The first-order valence-corrected chi connectivity index (χ1v) is 4.79. The molecule has 0 aromatic heterocycles. The Labute approximate surface area is 104 Å². The quantitative estimate of drug-likeness (QED) is 0.644. The summed E-state index contributed by atoms with van der Waals surface area (Å²) in [5.41, 5.74) is 0. The van der Waals surface area contributed by atoms with Gasteiger partial charge in [0.15, 0.2) is 0 Å². The van der Waals surface area contributed by atoms with E-state index in [1.54, 1.807) is 21.3 Å². The van der Waals surface area contributed by atoms with Crippen LogP contribution in [0.2, 0.25) is 0 Å². The average molecular weight is 251 g/mol. The predicted octanol–water partition coefficient (Wildman–Crippen LogP) is 0.790. The Morgan fingerprint density at radius 1 is 0.882 bits per heavy atom. The van der Waals surface area contributed by atoms with Crippen molar-refractivity contribution in [3.63, 3.8) is 0 Å². The Hall–Kier alpha value is -1.43. The van der Waals surface area contributed by atoms with E-state index in [0.29, 0.717) is 0 Å². The molecule has 0 rings (SSSR count). The molecule has 6 heteroatoms. The van der Waals surface area contributed by atoms with E-state index in [1.807, 2.05) is 0 Å². The molecule has 0 heterocycles. The standard InChI is InChI=1S/C3H7NO.C3H6O2.C3H6O.C2H6O/c1-3(5)4-2;1-3(4)5-2;1-3(2)4;1-3-2/h1-2H3,(H,4,5);1-2H3;1-2H3;1-2H3. The third-order valence-corrected chi connectivity index (χ3v) is 0.640. The molecule has 1 N–H and O–H groups in total. The second-order valence-electron chi connectivity index (χ2n) is 2.82. The lowest BCUT2D eigenvalue weighted by Gasteiger charge is -1.80. The lowest BCUT2D eigenvalue weighted by Crippen LogP contribution is -2.11. The first-order valence-electron chi connectivity index (χ1n) is 4.79. The van der Waals surface area contributed by atoms with Crippen molar-refractivity contribution >= 4 is 17.7 Å². The fraction of sp³-hybridized carbons (Fsp3) is 0.727. The molecule has 17 heavy (non-hydrogen) atoms. The maximum atomic E-state index is 9.70. The van der Waals surface area contributed by atoms with Crippen molar-refractivity contribution in [2.75, 3.05) is 28.4 Å². The maximum absolute atomic E-state index is 9.70. The van der Waals surface area contributed by atoms with Crippen molar-refractivity contribution in [1.29, 1.82) is 0 Å². The lowest BCUT2D eigenvalue weighted by molar-refractivity contribution is -0.138. The number of esters is 1. The van der Waals surface area contributed by atoms with Crippen molar-refractivity contribution in [3.05, 3.63) is 0 Å². The summed E-state index contributed by atoms with van der Waals surface area (Å²) in [6, 6.07) is 0. The molecule has 0 spiro atoms. The number of methoxy groups -OCH3 is 2. The van der Waals surface area contributed by atoms with Gasteiger partial charge in [0.05, 0.1) is 7.11 Å². The molecule has 6 nitrogen and oxygen atoms in total. The van der Waals surface area contributed by atoms with Crippen LogP contribution in [0.4, 0.5) is 0 Å². The Morgan fingerprint density at radius 2 is 1.00 bits per heavy atom. The summed E-state index contributed by atoms with van der Waals surface area (Å²) in [7, 11) is 6.20. The van der Waals surface area contributed by atoms with Crippen molar-refractivity contribution in [2.45, 2.75) is 27.7 Å². The van der Waals surface area contributed by atoms with Crippen LogP contribution in [0.1, 0.15) is 27.7 Å². The Morgan fingerprint density at radius 3 is 1.00 bits per heavy atom. The van der Waals surface area contributed by atoms with Gasteiger partial charge in [0, 0.05) is 35.1 Å². The van der Waals surface area contributed by atoms with E-state index in [4.69, 9.17) is 0 Å². The second kappa shape index (κ2) is 24.0. The first kappa shape index (κ1) is 24.7. The SMILES string of the molecule is CC(C)=O.CNC(C)=O.COC.COC(C)=O. The zero-order chi connectivity index (χ0) is 14.9. The van der Waals surface area contributed by atoms with Gasteiger partial charge in [0.25, 0.3) is 0 Å². The molecule has 0 saturated carbocycles. The Kier molecular flexibility index (Phi) is 34.9. The van der Waals surface area contributed by atoms with E-state index in [0.717, 1.165) is 0 Å². The number of amides is 1. The number of nitrogens with one attached hydrogen (secondary N) is 1. The highest BCUT2D eigenvalue weighted by Crippen LogP contribution is 1.60. The largest absolute Gasteiger partial charge is 0.469 e. The monoisotopic (exact) mass is 251 g/mol. The number of hydrogen-bond donors (Lipinski definition) is 1. The minimum Gasteiger partial charge on any atom is -0.469 e. The molecule has 0 saturated heterocycles. The van der Waals surface area contributed by atoms with Gasteiger partial charge >= 0.3 is 5.97 Å². The number of rotatable bonds is 0. The summed E-state index contributed by atoms with van der Waals surface area (Å²) in [4.78, 5) is 28.7. The van der Waals surface area contributed by atoms with Crippen LogP contribution < -0.4 is 5.32 Å². The van der Waals surface area contributed by atoms with Crippen molar-refractivity contribution in [2.24, 2.45) is 0 Å². The third kappa shape index (κ3) is 349. The van der Waals surface area contributed by atoms with Gasteiger partial charge in [-0.3, -0.25) is 9.59 Å². The highest BCUT2D eigenvalue weighted by molar-refractivity contribution is 5.72. The molecule has 0 aromatic carbocycles. The van der Waals surface area contributed by atoms with Crippen LogP contribution in [0, 0.1) is 0 Å². The van der Waals surface area contributed by atoms with Crippen LogP contribution in [0.5, 0.6) is 0 Å². The third-order valence-electron chi connectivity index (χ3n) is 0.640. The molecular formula is C11H25NO5. The molecule has 0 atom stereocenters. The van der Waals surface area contributed by atoms with Crippen molar-refractivity contribution < 1.29 is 23.9 Å². The average Bonchev–Trinajstić information content (AvgIpc) is 2.19. The van der Waals surface area contributed by atoms with Crippen LogP contribution in [-0.4, -0.2) is 46.0 Å². The van der Waals surface area contributed by atoms with Gasteiger partial charge < -0.3 is 19.6 Å². The van der Waals surface area contributed by atoms with Crippen LogP contribution in [-0.2, 0) is 23.9 Å². The second-order valence-corrected chi connectivity index (χ2v) is 2.82. The van der Waals surface area contributed by atoms with E-state index in [1.165, 1.54) is 34.8 Å². The molecular weight excluding hydrogens is 226 g/mol. The maximum Gasteiger partial charge on any atom is 0.302 e. The van der Waals surface area contributed by atoms with Gasteiger partial charge in [0.1, 0.15) is 5.78 Å². The summed E-state index contributed by atoms with van der Waals surface area (Å²) in [6.07, 6.45) is 0.